The minimum absolute atomic E-state index is 0.173. The average Bonchev–Trinajstić information content (AvgIpc) is 3.14. The molecule has 1 aromatic heterocycles. The summed E-state index contributed by atoms with van der Waals surface area (Å²) in [6, 6.07) is 8.09. The van der Waals surface area contributed by atoms with Crippen molar-refractivity contribution < 1.29 is 4.79 Å². The van der Waals surface area contributed by atoms with Crippen LogP contribution in [0.3, 0.4) is 0 Å². The number of carbonyl (C=O) groups is 1. The molecule has 2 aliphatic heterocycles. The van der Waals surface area contributed by atoms with Gasteiger partial charge in [0.05, 0.1) is 6.04 Å². The zero-order valence-corrected chi connectivity index (χ0v) is 14.8. The number of fused-ring (bicyclic) bond motifs is 2. The summed E-state index contributed by atoms with van der Waals surface area (Å²) in [7, 11) is 0. The second kappa shape index (κ2) is 7.00. The molecule has 0 radical (unpaired) electrons. The molecule has 0 saturated heterocycles. The maximum Gasteiger partial charge on any atom is 0.243 e. The van der Waals surface area contributed by atoms with E-state index < -0.39 is 0 Å². The van der Waals surface area contributed by atoms with Gasteiger partial charge in [0, 0.05) is 43.6 Å². The van der Waals surface area contributed by atoms with Gasteiger partial charge < -0.3 is 14.8 Å². The normalized spacial score (nSPS) is 20.7. The standard InChI is InChI=1S/C20H26N4O/c1-15(22-14-17-8-4-11-23-13-10-21-19(17)23)20(25)24-12-5-7-16-6-2-3-9-18(16)24/h2-3,6,9-10,13,15,17,22H,4-5,7-8,11-12,14H2,1H3/t15-,17-/m0/s1. The topological polar surface area (TPSA) is 50.2 Å². The zero-order chi connectivity index (χ0) is 17.2. The number of aryl methyl sites for hydroxylation is 2. The molecule has 0 aliphatic carbocycles. The number of aromatic nitrogens is 2. The van der Waals surface area contributed by atoms with Gasteiger partial charge in [0.15, 0.2) is 0 Å². The third kappa shape index (κ3) is 3.21. The molecular weight excluding hydrogens is 312 g/mol. The largest absolute Gasteiger partial charge is 0.335 e. The number of rotatable bonds is 4. The summed E-state index contributed by atoms with van der Waals surface area (Å²) < 4.78 is 2.24. The summed E-state index contributed by atoms with van der Waals surface area (Å²) >= 11 is 0. The van der Waals surface area contributed by atoms with Gasteiger partial charge in [-0.3, -0.25) is 4.79 Å². The Kier molecular flexibility index (Phi) is 4.57. The Morgan fingerprint density at radius 3 is 3.12 bits per heavy atom. The maximum atomic E-state index is 13.0. The van der Waals surface area contributed by atoms with E-state index in [0.717, 1.165) is 50.4 Å². The minimum Gasteiger partial charge on any atom is -0.335 e. The number of nitrogens with zero attached hydrogens (tertiary/aromatic N) is 3. The van der Waals surface area contributed by atoms with E-state index in [2.05, 4.69) is 39.3 Å². The Balaban J connectivity index is 1.41. The van der Waals surface area contributed by atoms with Gasteiger partial charge in [0.1, 0.15) is 5.82 Å². The fraction of sp³-hybridized carbons (Fsp3) is 0.500. The highest BCUT2D eigenvalue weighted by atomic mass is 16.2. The van der Waals surface area contributed by atoms with Crippen molar-refractivity contribution in [3.8, 4) is 0 Å². The summed E-state index contributed by atoms with van der Waals surface area (Å²) in [4.78, 5) is 19.4. The predicted molar refractivity (Wildman–Crippen MR) is 98.8 cm³/mol. The molecule has 3 heterocycles. The van der Waals surface area contributed by atoms with Crippen LogP contribution >= 0.6 is 0 Å². The van der Waals surface area contributed by atoms with Crippen LogP contribution in [0.1, 0.15) is 43.5 Å². The maximum absolute atomic E-state index is 13.0. The second-order valence-corrected chi connectivity index (χ2v) is 7.17. The summed E-state index contributed by atoms with van der Waals surface area (Å²) in [6.45, 7) is 4.66. The number of benzene rings is 1. The molecule has 2 atom stereocenters. The smallest absolute Gasteiger partial charge is 0.243 e. The van der Waals surface area contributed by atoms with Crippen molar-refractivity contribution >= 4 is 11.6 Å². The van der Waals surface area contributed by atoms with Gasteiger partial charge in [0.25, 0.3) is 0 Å². The monoisotopic (exact) mass is 338 g/mol. The van der Waals surface area contributed by atoms with E-state index in [1.54, 1.807) is 0 Å². The minimum atomic E-state index is -0.184. The highest BCUT2D eigenvalue weighted by Crippen LogP contribution is 2.28. The van der Waals surface area contributed by atoms with Crippen molar-refractivity contribution in [1.82, 2.24) is 14.9 Å². The number of hydrogen-bond acceptors (Lipinski definition) is 3. The molecule has 0 saturated carbocycles. The van der Waals surface area contributed by atoms with Crippen molar-refractivity contribution in [1.29, 1.82) is 0 Å². The number of para-hydroxylation sites is 1. The molecule has 1 aromatic carbocycles. The first-order valence-corrected chi connectivity index (χ1v) is 9.38. The highest BCUT2D eigenvalue weighted by molar-refractivity contribution is 5.98. The summed E-state index contributed by atoms with van der Waals surface area (Å²) in [6.07, 6.45) is 8.35. The number of amides is 1. The van der Waals surface area contributed by atoms with Crippen LogP contribution in [-0.2, 0) is 17.8 Å². The van der Waals surface area contributed by atoms with Crippen molar-refractivity contribution in [2.45, 2.75) is 51.1 Å². The Morgan fingerprint density at radius 2 is 2.20 bits per heavy atom. The summed E-state index contributed by atoms with van der Waals surface area (Å²) in [5.74, 6) is 1.72. The first-order chi connectivity index (χ1) is 12.2. The molecule has 0 unspecified atom stereocenters. The van der Waals surface area contributed by atoms with Crippen LogP contribution in [-0.4, -0.2) is 34.6 Å². The lowest BCUT2D eigenvalue weighted by molar-refractivity contribution is -0.120. The predicted octanol–water partition coefficient (Wildman–Crippen LogP) is 2.72. The first-order valence-electron chi connectivity index (χ1n) is 9.38. The molecule has 132 valence electrons. The summed E-state index contributed by atoms with van der Waals surface area (Å²) in [5.41, 5.74) is 2.37. The van der Waals surface area contributed by atoms with Gasteiger partial charge in [-0.25, -0.2) is 4.98 Å². The highest BCUT2D eigenvalue weighted by Gasteiger charge is 2.27. The quantitative estimate of drug-likeness (QED) is 0.932. The lowest BCUT2D eigenvalue weighted by Crippen LogP contribution is -2.48. The van der Waals surface area contributed by atoms with E-state index in [9.17, 15) is 4.79 Å². The molecule has 0 spiro atoms. The SMILES string of the molecule is C[C@H](NC[C@@H]1CCCn2ccnc21)C(=O)N1CCCc2ccccc21. The van der Waals surface area contributed by atoms with Crippen LogP contribution in [0.5, 0.6) is 0 Å². The lowest BCUT2D eigenvalue weighted by Gasteiger charge is -2.32. The van der Waals surface area contributed by atoms with E-state index in [0.29, 0.717) is 5.92 Å². The number of carbonyl (C=O) groups excluding carboxylic acids is 1. The molecule has 5 nitrogen and oxygen atoms in total. The molecular formula is C20H26N4O. The molecule has 5 heteroatoms. The van der Waals surface area contributed by atoms with Crippen molar-refractivity contribution in [2.24, 2.45) is 0 Å². The fourth-order valence-electron chi connectivity index (χ4n) is 4.10. The Bertz CT molecular complexity index is 754. The van der Waals surface area contributed by atoms with Gasteiger partial charge in [-0.2, -0.15) is 0 Å². The lowest BCUT2D eigenvalue weighted by atomic mass is 9.98. The van der Waals surface area contributed by atoms with E-state index in [1.807, 2.05) is 24.1 Å². The molecule has 1 N–H and O–H groups in total. The van der Waals surface area contributed by atoms with E-state index in [-0.39, 0.29) is 11.9 Å². The third-order valence-electron chi connectivity index (χ3n) is 5.48. The number of anilines is 1. The number of imidazole rings is 1. The Morgan fingerprint density at radius 1 is 1.32 bits per heavy atom. The van der Waals surface area contributed by atoms with Gasteiger partial charge >= 0.3 is 0 Å². The second-order valence-electron chi connectivity index (χ2n) is 7.17. The van der Waals surface area contributed by atoms with E-state index in [4.69, 9.17) is 0 Å². The van der Waals surface area contributed by atoms with Gasteiger partial charge in [-0.1, -0.05) is 18.2 Å². The van der Waals surface area contributed by atoms with Crippen LogP contribution in [0.2, 0.25) is 0 Å². The third-order valence-corrected chi connectivity index (χ3v) is 5.48. The van der Waals surface area contributed by atoms with Crippen LogP contribution in [0.25, 0.3) is 0 Å². The number of nitrogens with one attached hydrogen (secondary N) is 1. The van der Waals surface area contributed by atoms with Crippen LogP contribution in [0, 0.1) is 0 Å². The van der Waals surface area contributed by atoms with Crippen LogP contribution < -0.4 is 10.2 Å². The average molecular weight is 338 g/mol. The van der Waals surface area contributed by atoms with Gasteiger partial charge in [-0.15, -0.1) is 0 Å². The molecule has 0 bridgehead atoms. The molecule has 2 aromatic rings. The summed E-state index contributed by atoms with van der Waals surface area (Å²) in [5, 5.41) is 3.47. The van der Waals surface area contributed by atoms with Crippen molar-refractivity contribution in [2.75, 3.05) is 18.0 Å². The zero-order valence-electron chi connectivity index (χ0n) is 14.8. The Hall–Kier alpha value is -2.14. The van der Waals surface area contributed by atoms with Gasteiger partial charge in [-0.05, 0) is 44.2 Å². The molecule has 25 heavy (non-hydrogen) atoms. The van der Waals surface area contributed by atoms with Crippen LogP contribution in [0.4, 0.5) is 5.69 Å². The fourth-order valence-corrected chi connectivity index (χ4v) is 4.10. The number of hydrogen-bond donors (Lipinski definition) is 1. The molecule has 2 aliphatic rings. The van der Waals surface area contributed by atoms with E-state index >= 15 is 0 Å². The Labute approximate surface area is 149 Å². The van der Waals surface area contributed by atoms with Crippen molar-refractivity contribution in [3.05, 3.63) is 48.0 Å². The van der Waals surface area contributed by atoms with E-state index in [1.165, 1.54) is 12.0 Å². The first kappa shape index (κ1) is 16.3. The van der Waals surface area contributed by atoms with Gasteiger partial charge in [0.2, 0.25) is 5.91 Å². The molecule has 0 fully saturated rings. The van der Waals surface area contributed by atoms with Crippen LogP contribution in [0.15, 0.2) is 36.7 Å². The van der Waals surface area contributed by atoms with Crippen molar-refractivity contribution in [3.63, 3.8) is 0 Å². The molecule has 1 amide bonds. The molecule has 4 rings (SSSR count).